The highest BCUT2D eigenvalue weighted by atomic mass is 79.9. The Hall–Kier alpha value is -1.27. The highest BCUT2D eigenvalue weighted by Crippen LogP contribution is 2.31. The standard InChI is InChI=1S/C16H19BrClNO4/c1-10-6-11(17)7-13(18)16(10)23-9-15(21)22-8-14(20)19-12-4-2-3-5-12/h6-7,12H,2-5,8-9H2,1H3,(H,19,20). The highest BCUT2D eigenvalue weighted by Gasteiger charge is 2.18. The molecular formula is C16H19BrClNO4. The fourth-order valence-electron chi connectivity index (χ4n) is 2.53. The molecule has 0 heterocycles. The number of hydrogen-bond acceptors (Lipinski definition) is 4. The Bertz CT molecular complexity index is 564. The van der Waals surface area contributed by atoms with Gasteiger partial charge in [-0.25, -0.2) is 4.79 Å². The number of nitrogens with one attached hydrogen (secondary N) is 1. The second kappa shape index (κ2) is 8.55. The van der Waals surface area contributed by atoms with Crippen molar-refractivity contribution in [3.05, 3.63) is 27.2 Å². The summed E-state index contributed by atoms with van der Waals surface area (Å²) in [5.41, 5.74) is 0.802. The summed E-state index contributed by atoms with van der Waals surface area (Å²) in [6.07, 6.45) is 4.24. The van der Waals surface area contributed by atoms with Crippen LogP contribution in [0, 0.1) is 6.92 Å². The fraction of sp³-hybridized carbons (Fsp3) is 0.500. The van der Waals surface area contributed by atoms with Gasteiger partial charge in [0.2, 0.25) is 0 Å². The van der Waals surface area contributed by atoms with Crippen molar-refractivity contribution in [2.24, 2.45) is 0 Å². The van der Waals surface area contributed by atoms with Crippen LogP contribution in [-0.2, 0) is 14.3 Å². The summed E-state index contributed by atoms with van der Waals surface area (Å²) in [7, 11) is 0. The molecule has 0 saturated heterocycles. The number of hydrogen-bond donors (Lipinski definition) is 1. The summed E-state index contributed by atoms with van der Waals surface area (Å²) in [6, 6.07) is 3.73. The summed E-state index contributed by atoms with van der Waals surface area (Å²) < 4.78 is 11.1. The van der Waals surface area contributed by atoms with Gasteiger partial charge in [0, 0.05) is 10.5 Å². The fourth-order valence-corrected chi connectivity index (χ4v) is 3.56. The van der Waals surface area contributed by atoms with Crippen LogP contribution < -0.4 is 10.1 Å². The van der Waals surface area contributed by atoms with Crippen LogP contribution in [0.5, 0.6) is 5.75 Å². The second-order valence-corrected chi connectivity index (χ2v) is 6.85. The van der Waals surface area contributed by atoms with Gasteiger partial charge in [0.1, 0.15) is 5.75 Å². The first-order chi connectivity index (χ1) is 11.0. The lowest BCUT2D eigenvalue weighted by Crippen LogP contribution is -2.36. The van der Waals surface area contributed by atoms with Crippen LogP contribution in [-0.4, -0.2) is 31.1 Å². The molecule has 7 heteroatoms. The Morgan fingerprint density at radius 2 is 2.00 bits per heavy atom. The van der Waals surface area contributed by atoms with E-state index in [9.17, 15) is 9.59 Å². The van der Waals surface area contributed by atoms with E-state index in [1.54, 1.807) is 6.07 Å². The topological polar surface area (TPSA) is 64.6 Å². The van der Waals surface area contributed by atoms with E-state index in [1.165, 1.54) is 0 Å². The minimum atomic E-state index is -0.607. The van der Waals surface area contributed by atoms with Crippen LogP contribution in [0.3, 0.4) is 0 Å². The number of esters is 1. The normalized spacial score (nSPS) is 14.6. The van der Waals surface area contributed by atoms with E-state index >= 15 is 0 Å². The van der Waals surface area contributed by atoms with Gasteiger partial charge in [-0.2, -0.15) is 0 Å². The molecule has 1 aromatic rings. The molecule has 126 valence electrons. The SMILES string of the molecule is Cc1cc(Br)cc(Cl)c1OCC(=O)OCC(=O)NC1CCCC1. The second-order valence-electron chi connectivity index (χ2n) is 5.53. The smallest absolute Gasteiger partial charge is 0.344 e. The molecule has 0 spiro atoms. The van der Waals surface area contributed by atoms with Gasteiger partial charge in [0.25, 0.3) is 5.91 Å². The molecule has 1 aromatic carbocycles. The van der Waals surface area contributed by atoms with Crippen LogP contribution in [0.25, 0.3) is 0 Å². The molecule has 0 unspecified atom stereocenters. The summed E-state index contributed by atoms with van der Waals surface area (Å²) >= 11 is 9.40. The number of carbonyl (C=O) groups excluding carboxylic acids is 2. The number of halogens is 2. The Labute approximate surface area is 148 Å². The zero-order chi connectivity index (χ0) is 16.8. The van der Waals surface area contributed by atoms with Crippen LogP contribution in [0.15, 0.2) is 16.6 Å². The third kappa shape index (κ3) is 5.70. The monoisotopic (exact) mass is 403 g/mol. The molecule has 1 N–H and O–H groups in total. The number of carbonyl (C=O) groups is 2. The molecule has 1 fully saturated rings. The average molecular weight is 405 g/mol. The largest absolute Gasteiger partial charge is 0.480 e. The summed E-state index contributed by atoms with van der Waals surface area (Å²) in [4.78, 5) is 23.3. The van der Waals surface area contributed by atoms with E-state index in [0.29, 0.717) is 10.8 Å². The first-order valence-electron chi connectivity index (χ1n) is 7.49. The number of ether oxygens (including phenoxy) is 2. The third-order valence-corrected chi connectivity index (χ3v) is 4.35. The van der Waals surface area contributed by atoms with Crippen molar-refractivity contribution in [3.8, 4) is 5.75 Å². The molecule has 1 aliphatic rings. The number of amides is 1. The van der Waals surface area contributed by atoms with Gasteiger partial charge in [-0.05, 0) is 37.5 Å². The molecule has 0 aliphatic heterocycles. The Morgan fingerprint density at radius 1 is 1.30 bits per heavy atom. The van der Waals surface area contributed by atoms with Gasteiger partial charge in [0.15, 0.2) is 13.2 Å². The van der Waals surface area contributed by atoms with Crippen molar-refractivity contribution >= 4 is 39.4 Å². The van der Waals surface area contributed by atoms with Gasteiger partial charge < -0.3 is 14.8 Å². The lowest BCUT2D eigenvalue weighted by molar-refractivity contribution is -0.150. The van der Waals surface area contributed by atoms with E-state index in [2.05, 4.69) is 21.2 Å². The molecule has 1 amide bonds. The summed E-state index contributed by atoms with van der Waals surface area (Å²) in [6.45, 7) is 1.25. The van der Waals surface area contributed by atoms with Crippen molar-refractivity contribution in [3.63, 3.8) is 0 Å². The number of benzene rings is 1. The minimum Gasteiger partial charge on any atom is -0.480 e. The Kier molecular flexibility index (Phi) is 6.72. The molecule has 1 aliphatic carbocycles. The Morgan fingerprint density at radius 3 is 2.65 bits per heavy atom. The van der Waals surface area contributed by atoms with Crippen LogP contribution in [0.1, 0.15) is 31.2 Å². The van der Waals surface area contributed by atoms with Crippen molar-refractivity contribution < 1.29 is 19.1 Å². The van der Waals surface area contributed by atoms with Gasteiger partial charge in [-0.15, -0.1) is 0 Å². The van der Waals surface area contributed by atoms with Gasteiger partial charge in [-0.3, -0.25) is 4.79 Å². The zero-order valence-corrected chi connectivity index (χ0v) is 15.2. The molecule has 5 nitrogen and oxygen atoms in total. The maximum Gasteiger partial charge on any atom is 0.344 e. The molecule has 23 heavy (non-hydrogen) atoms. The lowest BCUT2D eigenvalue weighted by Gasteiger charge is -2.13. The van der Waals surface area contributed by atoms with Crippen molar-refractivity contribution in [2.45, 2.75) is 38.6 Å². The number of rotatable bonds is 6. The highest BCUT2D eigenvalue weighted by molar-refractivity contribution is 9.10. The van der Waals surface area contributed by atoms with E-state index in [-0.39, 0.29) is 25.2 Å². The predicted octanol–water partition coefficient (Wildman–Crippen LogP) is 3.39. The van der Waals surface area contributed by atoms with Gasteiger partial charge in [0.05, 0.1) is 5.02 Å². The first-order valence-corrected chi connectivity index (χ1v) is 8.66. The lowest BCUT2D eigenvalue weighted by atomic mass is 10.2. The third-order valence-electron chi connectivity index (χ3n) is 3.61. The van der Waals surface area contributed by atoms with Gasteiger partial charge in [-0.1, -0.05) is 40.4 Å². The van der Waals surface area contributed by atoms with E-state index < -0.39 is 5.97 Å². The van der Waals surface area contributed by atoms with E-state index in [4.69, 9.17) is 21.1 Å². The molecule has 2 rings (SSSR count). The van der Waals surface area contributed by atoms with Crippen LogP contribution >= 0.6 is 27.5 Å². The molecule has 0 bridgehead atoms. The first kappa shape index (κ1) is 18.1. The summed E-state index contributed by atoms with van der Waals surface area (Å²) in [5, 5.41) is 3.26. The molecule has 0 aromatic heterocycles. The summed E-state index contributed by atoms with van der Waals surface area (Å²) in [5.74, 6) is -0.449. The van der Waals surface area contributed by atoms with E-state index in [1.807, 2.05) is 13.0 Å². The maximum absolute atomic E-state index is 11.7. The van der Waals surface area contributed by atoms with Gasteiger partial charge >= 0.3 is 5.97 Å². The average Bonchev–Trinajstić information content (AvgIpc) is 2.96. The zero-order valence-electron chi connectivity index (χ0n) is 12.9. The van der Waals surface area contributed by atoms with Crippen LogP contribution in [0.4, 0.5) is 0 Å². The minimum absolute atomic E-state index is 0.210. The molecule has 1 saturated carbocycles. The molecule has 0 atom stereocenters. The van der Waals surface area contributed by atoms with Crippen LogP contribution in [0.2, 0.25) is 5.02 Å². The Balaban J connectivity index is 1.73. The quantitative estimate of drug-likeness (QED) is 0.738. The van der Waals surface area contributed by atoms with Crippen molar-refractivity contribution in [1.82, 2.24) is 5.32 Å². The molecular weight excluding hydrogens is 386 g/mol. The predicted molar refractivity (Wildman–Crippen MR) is 90.7 cm³/mol. The van der Waals surface area contributed by atoms with Crippen molar-refractivity contribution in [2.75, 3.05) is 13.2 Å². The van der Waals surface area contributed by atoms with E-state index in [0.717, 1.165) is 35.7 Å². The number of aryl methyl sites for hydroxylation is 1. The molecule has 0 radical (unpaired) electrons. The maximum atomic E-state index is 11.7. The van der Waals surface area contributed by atoms with Crippen molar-refractivity contribution in [1.29, 1.82) is 0 Å².